The van der Waals surface area contributed by atoms with Gasteiger partial charge in [0.25, 0.3) is 5.56 Å². The zero-order valence-electron chi connectivity index (χ0n) is 15.5. The fourth-order valence-corrected chi connectivity index (χ4v) is 3.51. The number of rotatable bonds is 8. The van der Waals surface area contributed by atoms with E-state index in [0.29, 0.717) is 34.2 Å². The van der Waals surface area contributed by atoms with Gasteiger partial charge in [-0.05, 0) is 38.5 Å². The molecule has 2 rings (SSSR count). The zero-order valence-corrected chi connectivity index (χ0v) is 17.1. The second kappa shape index (κ2) is 9.75. The average molecular weight is 411 g/mol. The number of thioether (sulfide) groups is 1. The number of hydrogen-bond donors (Lipinski definition) is 2. The molecule has 27 heavy (non-hydrogen) atoms. The lowest BCUT2D eigenvalue weighted by Gasteiger charge is -2.14. The van der Waals surface area contributed by atoms with Gasteiger partial charge < -0.3 is 10.6 Å². The highest BCUT2D eigenvalue weighted by atomic mass is 35.5. The van der Waals surface area contributed by atoms with Gasteiger partial charge in [-0.15, -0.1) is 0 Å². The largest absolute Gasteiger partial charge is 0.355 e. The third kappa shape index (κ3) is 5.46. The van der Waals surface area contributed by atoms with Crippen LogP contribution < -0.4 is 16.2 Å². The second-order valence-corrected chi connectivity index (χ2v) is 7.36. The molecule has 2 aromatic rings. The molecule has 146 valence electrons. The lowest BCUT2D eigenvalue weighted by molar-refractivity contribution is -0.127. The topological polar surface area (TPSA) is 93.1 Å². The summed E-state index contributed by atoms with van der Waals surface area (Å²) in [6.07, 6.45) is 0.759. The maximum Gasteiger partial charge on any atom is 0.262 e. The molecule has 0 bridgehead atoms. The summed E-state index contributed by atoms with van der Waals surface area (Å²) in [4.78, 5) is 41.1. The Labute approximate surface area is 166 Å². The minimum absolute atomic E-state index is 0.0476. The van der Waals surface area contributed by atoms with Crippen LogP contribution in [0.3, 0.4) is 0 Å². The Kier molecular flexibility index (Phi) is 7.67. The minimum atomic E-state index is -0.626. The van der Waals surface area contributed by atoms with Crippen molar-refractivity contribution in [1.29, 1.82) is 0 Å². The van der Waals surface area contributed by atoms with Gasteiger partial charge in [0, 0.05) is 18.1 Å². The van der Waals surface area contributed by atoms with Crippen LogP contribution in [0.5, 0.6) is 0 Å². The van der Waals surface area contributed by atoms with Crippen LogP contribution >= 0.6 is 23.4 Å². The van der Waals surface area contributed by atoms with Crippen LogP contribution in [0, 0.1) is 0 Å². The molecular formula is C18H23ClN4O3S. The van der Waals surface area contributed by atoms with Gasteiger partial charge in [0.1, 0.15) is 6.04 Å². The molecule has 2 amide bonds. The van der Waals surface area contributed by atoms with Crippen LogP contribution in [0.25, 0.3) is 10.9 Å². The molecule has 0 saturated heterocycles. The predicted molar refractivity (Wildman–Crippen MR) is 108 cm³/mol. The summed E-state index contributed by atoms with van der Waals surface area (Å²) in [5.41, 5.74) is 0.343. The number of fused-ring (bicyclic) bond motifs is 1. The first kappa shape index (κ1) is 21.2. The van der Waals surface area contributed by atoms with Crippen molar-refractivity contribution in [3.63, 3.8) is 0 Å². The first-order valence-corrected chi connectivity index (χ1v) is 10.1. The van der Waals surface area contributed by atoms with Gasteiger partial charge in [-0.2, -0.15) is 0 Å². The number of carbonyl (C=O) groups is 2. The third-order valence-corrected chi connectivity index (χ3v) is 5.00. The van der Waals surface area contributed by atoms with E-state index in [1.807, 2.05) is 13.8 Å². The number of hydrogen-bond acceptors (Lipinski definition) is 5. The Morgan fingerprint density at radius 3 is 2.74 bits per heavy atom. The molecule has 0 aliphatic heterocycles. The van der Waals surface area contributed by atoms with E-state index in [4.69, 9.17) is 11.6 Å². The quantitative estimate of drug-likeness (QED) is 0.514. The van der Waals surface area contributed by atoms with Gasteiger partial charge in [-0.1, -0.05) is 30.3 Å². The van der Waals surface area contributed by atoms with Gasteiger partial charge in [-0.25, -0.2) is 4.98 Å². The van der Waals surface area contributed by atoms with Gasteiger partial charge in [-0.3, -0.25) is 19.0 Å². The van der Waals surface area contributed by atoms with E-state index in [0.717, 1.165) is 18.2 Å². The lowest BCUT2D eigenvalue weighted by Crippen LogP contribution is -2.45. The molecule has 0 aliphatic carbocycles. The fourth-order valence-electron chi connectivity index (χ4n) is 2.51. The van der Waals surface area contributed by atoms with Crippen LogP contribution in [0.15, 0.2) is 28.2 Å². The number of amides is 2. The van der Waals surface area contributed by atoms with Crippen molar-refractivity contribution < 1.29 is 9.59 Å². The number of likely N-dealkylation sites (N-methyl/N-ethyl adjacent to an activating group) is 1. The van der Waals surface area contributed by atoms with E-state index in [1.54, 1.807) is 29.7 Å². The molecule has 2 N–H and O–H groups in total. The van der Waals surface area contributed by atoms with Crippen molar-refractivity contribution in [2.24, 2.45) is 0 Å². The Morgan fingerprint density at radius 2 is 2.07 bits per heavy atom. The number of nitrogens with one attached hydrogen (secondary N) is 2. The molecule has 9 heteroatoms. The molecular weight excluding hydrogens is 388 g/mol. The van der Waals surface area contributed by atoms with Crippen molar-refractivity contribution >= 4 is 46.1 Å². The molecule has 1 aromatic carbocycles. The van der Waals surface area contributed by atoms with E-state index >= 15 is 0 Å². The van der Waals surface area contributed by atoms with E-state index < -0.39 is 6.04 Å². The number of benzene rings is 1. The SMILES string of the molecule is CCCn1c(SCC(=O)N[C@@H](C)C(=O)NCC)nc2cc(Cl)ccc2c1=O. The summed E-state index contributed by atoms with van der Waals surface area (Å²) in [7, 11) is 0. The zero-order chi connectivity index (χ0) is 20.0. The maximum absolute atomic E-state index is 12.7. The molecule has 1 atom stereocenters. The van der Waals surface area contributed by atoms with Crippen LogP contribution in [0.1, 0.15) is 27.2 Å². The summed E-state index contributed by atoms with van der Waals surface area (Å²) in [5.74, 6) is -0.495. The summed E-state index contributed by atoms with van der Waals surface area (Å²) < 4.78 is 1.57. The van der Waals surface area contributed by atoms with Gasteiger partial charge in [0.15, 0.2) is 5.16 Å². The first-order chi connectivity index (χ1) is 12.9. The van der Waals surface area contributed by atoms with E-state index in [9.17, 15) is 14.4 Å². The van der Waals surface area contributed by atoms with Crippen LogP contribution in [0.2, 0.25) is 5.02 Å². The summed E-state index contributed by atoms with van der Waals surface area (Å²) in [6, 6.07) is 4.33. The highest BCUT2D eigenvalue weighted by molar-refractivity contribution is 7.99. The van der Waals surface area contributed by atoms with Crippen LogP contribution in [0.4, 0.5) is 0 Å². The summed E-state index contributed by atoms with van der Waals surface area (Å²) >= 11 is 7.17. The number of carbonyl (C=O) groups excluding carboxylic acids is 2. The van der Waals surface area contributed by atoms with E-state index in [2.05, 4.69) is 15.6 Å². The molecule has 0 aliphatic rings. The summed E-state index contributed by atoms with van der Waals surface area (Å²) in [5, 5.41) is 6.73. The Bertz CT molecular complexity index is 900. The van der Waals surface area contributed by atoms with Crippen LogP contribution in [-0.2, 0) is 16.1 Å². The van der Waals surface area contributed by atoms with Crippen molar-refractivity contribution in [3.8, 4) is 0 Å². The smallest absolute Gasteiger partial charge is 0.262 e. The molecule has 0 fully saturated rings. The van der Waals surface area contributed by atoms with Crippen LogP contribution in [-0.4, -0.2) is 39.7 Å². The van der Waals surface area contributed by atoms with Crippen molar-refractivity contribution in [2.75, 3.05) is 12.3 Å². The highest BCUT2D eigenvalue weighted by Crippen LogP contribution is 2.20. The van der Waals surface area contributed by atoms with Crippen molar-refractivity contribution in [1.82, 2.24) is 20.2 Å². The monoisotopic (exact) mass is 410 g/mol. The molecule has 1 heterocycles. The van der Waals surface area contributed by atoms with Gasteiger partial charge >= 0.3 is 0 Å². The molecule has 0 radical (unpaired) electrons. The molecule has 0 saturated carbocycles. The van der Waals surface area contributed by atoms with Gasteiger partial charge in [0.05, 0.1) is 16.7 Å². The van der Waals surface area contributed by atoms with Gasteiger partial charge in [0.2, 0.25) is 11.8 Å². The minimum Gasteiger partial charge on any atom is -0.355 e. The first-order valence-electron chi connectivity index (χ1n) is 8.77. The van der Waals surface area contributed by atoms with Crippen molar-refractivity contribution in [2.45, 2.75) is 44.9 Å². The van der Waals surface area contributed by atoms with E-state index in [-0.39, 0.29) is 23.1 Å². The molecule has 0 unspecified atom stereocenters. The van der Waals surface area contributed by atoms with E-state index in [1.165, 1.54) is 0 Å². The fraction of sp³-hybridized carbons (Fsp3) is 0.444. The molecule has 0 spiro atoms. The number of halogens is 1. The van der Waals surface area contributed by atoms with Crippen molar-refractivity contribution in [3.05, 3.63) is 33.6 Å². The average Bonchev–Trinajstić information content (AvgIpc) is 2.62. The second-order valence-electron chi connectivity index (χ2n) is 5.99. The molecule has 1 aromatic heterocycles. The Hall–Kier alpha value is -2.06. The lowest BCUT2D eigenvalue weighted by atomic mass is 10.2. The number of nitrogens with zero attached hydrogens (tertiary/aromatic N) is 2. The Morgan fingerprint density at radius 1 is 1.33 bits per heavy atom. The summed E-state index contributed by atoms with van der Waals surface area (Å²) in [6.45, 7) is 6.40. The highest BCUT2D eigenvalue weighted by Gasteiger charge is 2.17. The maximum atomic E-state index is 12.7. The molecule has 7 nitrogen and oxygen atoms in total. The normalized spacial score (nSPS) is 12.0. The number of aromatic nitrogens is 2. The predicted octanol–water partition coefficient (Wildman–Crippen LogP) is 2.19. The standard InChI is InChI=1S/C18H23ClN4O3S/c1-4-8-23-17(26)13-7-6-12(19)9-14(13)22-18(23)27-10-15(24)21-11(3)16(25)20-5-2/h6-7,9,11H,4-5,8,10H2,1-3H3,(H,20,25)(H,21,24)/t11-/m0/s1. The Balaban J connectivity index is 2.19. The third-order valence-electron chi connectivity index (χ3n) is 3.78.